The molecule has 0 radical (unpaired) electrons. The van der Waals surface area contributed by atoms with E-state index in [1.54, 1.807) is 25.3 Å². The van der Waals surface area contributed by atoms with Crippen LogP contribution in [0.2, 0.25) is 0 Å². The molecule has 1 aliphatic heterocycles. The first-order valence-corrected chi connectivity index (χ1v) is 7.66. The predicted octanol–water partition coefficient (Wildman–Crippen LogP) is 2.60. The number of aromatic nitrogens is 2. The Hall–Kier alpha value is -2.47. The number of hydrogen-bond acceptors (Lipinski definition) is 5. The van der Waals surface area contributed by atoms with Crippen LogP contribution in [0.5, 0.6) is 5.75 Å². The molecular weight excluding hydrogens is 294 g/mol. The SMILES string of the molecule is Cc1nccc(C(=O)Nc2cccc(OCC3CCCO3)c2)n1. The van der Waals surface area contributed by atoms with Crippen LogP contribution in [0.15, 0.2) is 36.5 Å². The van der Waals surface area contributed by atoms with Gasteiger partial charge in [-0.2, -0.15) is 0 Å². The molecule has 120 valence electrons. The van der Waals surface area contributed by atoms with E-state index in [1.165, 1.54) is 0 Å². The van der Waals surface area contributed by atoms with Gasteiger partial charge in [-0.05, 0) is 38.0 Å². The molecule has 1 saturated heterocycles. The second-order valence-electron chi connectivity index (χ2n) is 5.42. The monoisotopic (exact) mass is 313 g/mol. The van der Waals surface area contributed by atoms with Crippen molar-refractivity contribution in [3.63, 3.8) is 0 Å². The van der Waals surface area contributed by atoms with Gasteiger partial charge in [-0.1, -0.05) is 6.07 Å². The maximum Gasteiger partial charge on any atom is 0.274 e. The first-order chi connectivity index (χ1) is 11.2. The number of rotatable bonds is 5. The third-order valence-corrected chi connectivity index (χ3v) is 3.56. The first kappa shape index (κ1) is 15.4. The fraction of sp³-hybridized carbons (Fsp3) is 0.353. The molecule has 3 rings (SSSR count). The maximum atomic E-state index is 12.2. The molecule has 2 aromatic rings. The van der Waals surface area contributed by atoms with Gasteiger partial charge < -0.3 is 14.8 Å². The predicted molar refractivity (Wildman–Crippen MR) is 85.6 cm³/mol. The minimum absolute atomic E-state index is 0.164. The van der Waals surface area contributed by atoms with Gasteiger partial charge in [0.05, 0.1) is 6.10 Å². The third-order valence-electron chi connectivity index (χ3n) is 3.56. The van der Waals surface area contributed by atoms with Crippen molar-refractivity contribution >= 4 is 11.6 Å². The number of aryl methyl sites for hydroxylation is 1. The van der Waals surface area contributed by atoms with Crippen molar-refractivity contribution in [3.8, 4) is 5.75 Å². The molecule has 0 aliphatic carbocycles. The van der Waals surface area contributed by atoms with Crippen LogP contribution in [0, 0.1) is 6.92 Å². The van der Waals surface area contributed by atoms with Gasteiger partial charge in [0, 0.05) is 24.6 Å². The van der Waals surface area contributed by atoms with Crippen LogP contribution in [0.1, 0.15) is 29.2 Å². The molecule has 1 fully saturated rings. The van der Waals surface area contributed by atoms with Crippen molar-refractivity contribution < 1.29 is 14.3 Å². The highest BCUT2D eigenvalue weighted by molar-refractivity contribution is 6.02. The lowest BCUT2D eigenvalue weighted by Gasteiger charge is -2.12. The average Bonchev–Trinajstić information content (AvgIpc) is 3.07. The van der Waals surface area contributed by atoms with Gasteiger partial charge in [0.2, 0.25) is 0 Å². The number of ether oxygens (including phenoxy) is 2. The lowest BCUT2D eigenvalue weighted by molar-refractivity contribution is 0.0680. The molecule has 23 heavy (non-hydrogen) atoms. The van der Waals surface area contributed by atoms with E-state index in [1.807, 2.05) is 18.2 Å². The van der Waals surface area contributed by atoms with E-state index in [9.17, 15) is 4.79 Å². The Kier molecular flexibility index (Phi) is 4.83. The van der Waals surface area contributed by atoms with Gasteiger partial charge >= 0.3 is 0 Å². The molecule has 0 saturated carbocycles. The van der Waals surface area contributed by atoms with E-state index in [4.69, 9.17) is 9.47 Å². The molecule has 1 unspecified atom stereocenters. The molecule has 2 heterocycles. The van der Waals surface area contributed by atoms with Gasteiger partial charge in [-0.15, -0.1) is 0 Å². The number of hydrogen-bond donors (Lipinski definition) is 1. The number of anilines is 1. The van der Waals surface area contributed by atoms with Crippen LogP contribution in [-0.2, 0) is 4.74 Å². The Morgan fingerprint density at radius 1 is 1.43 bits per heavy atom. The fourth-order valence-electron chi connectivity index (χ4n) is 2.41. The van der Waals surface area contributed by atoms with Crippen molar-refractivity contribution in [3.05, 3.63) is 48.0 Å². The summed E-state index contributed by atoms with van der Waals surface area (Å²) in [7, 11) is 0. The quantitative estimate of drug-likeness (QED) is 0.918. The zero-order chi connectivity index (χ0) is 16.1. The lowest BCUT2D eigenvalue weighted by atomic mass is 10.2. The maximum absolute atomic E-state index is 12.2. The lowest BCUT2D eigenvalue weighted by Crippen LogP contribution is -2.17. The van der Waals surface area contributed by atoms with Crippen molar-refractivity contribution in [2.45, 2.75) is 25.9 Å². The molecule has 1 aromatic carbocycles. The van der Waals surface area contributed by atoms with Gasteiger partial charge in [0.15, 0.2) is 0 Å². The summed E-state index contributed by atoms with van der Waals surface area (Å²) in [5, 5.41) is 2.81. The van der Waals surface area contributed by atoms with Crippen LogP contribution >= 0.6 is 0 Å². The number of nitrogens with zero attached hydrogens (tertiary/aromatic N) is 2. The highest BCUT2D eigenvalue weighted by Gasteiger charge is 2.16. The van der Waals surface area contributed by atoms with Crippen LogP contribution in [0.4, 0.5) is 5.69 Å². The standard InChI is InChI=1S/C17H19N3O3/c1-12-18-8-7-16(19-12)17(21)20-13-4-2-5-14(10-13)23-11-15-6-3-9-22-15/h2,4-5,7-8,10,15H,3,6,9,11H2,1H3,(H,20,21). The number of carbonyl (C=O) groups is 1. The summed E-state index contributed by atoms with van der Waals surface area (Å²) in [6.07, 6.45) is 3.85. The molecule has 1 N–H and O–H groups in total. The molecule has 6 nitrogen and oxygen atoms in total. The third kappa shape index (κ3) is 4.26. The summed E-state index contributed by atoms with van der Waals surface area (Å²) in [4.78, 5) is 20.3. The zero-order valence-electron chi connectivity index (χ0n) is 13.0. The van der Waals surface area contributed by atoms with E-state index in [-0.39, 0.29) is 12.0 Å². The van der Waals surface area contributed by atoms with E-state index in [0.717, 1.165) is 19.4 Å². The van der Waals surface area contributed by atoms with Crippen LogP contribution in [0.25, 0.3) is 0 Å². The van der Waals surface area contributed by atoms with E-state index < -0.39 is 0 Å². The Morgan fingerprint density at radius 3 is 3.13 bits per heavy atom. The first-order valence-electron chi connectivity index (χ1n) is 7.66. The summed E-state index contributed by atoms with van der Waals surface area (Å²) in [5.41, 5.74) is 0.999. The Bertz CT molecular complexity index is 684. The van der Waals surface area contributed by atoms with Gasteiger partial charge in [-0.3, -0.25) is 4.79 Å². The molecule has 1 aromatic heterocycles. The summed E-state index contributed by atoms with van der Waals surface area (Å²) in [6.45, 7) is 3.08. The van der Waals surface area contributed by atoms with Crippen molar-refractivity contribution in [1.29, 1.82) is 0 Å². The van der Waals surface area contributed by atoms with Crippen molar-refractivity contribution in [2.24, 2.45) is 0 Å². The minimum atomic E-state index is -0.272. The second kappa shape index (κ2) is 7.19. The molecule has 1 atom stereocenters. The number of carbonyl (C=O) groups excluding carboxylic acids is 1. The van der Waals surface area contributed by atoms with Gasteiger partial charge in [-0.25, -0.2) is 9.97 Å². The smallest absolute Gasteiger partial charge is 0.274 e. The highest BCUT2D eigenvalue weighted by atomic mass is 16.5. The molecule has 1 amide bonds. The number of amides is 1. The van der Waals surface area contributed by atoms with Crippen molar-refractivity contribution in [1.82, 2.24) is 9.97 Å². The summed E-state index contributed by atoms with van der Waals surface area (Å²) < 4.78 is 11.3. The largest absolute Gasteiger partial charge is 0.491 e. The Morgan fingerprint density at radius 2 is 2.35 bits per heavy atom. The Balaban J connectivity index is 1.61. The normalized spacial score (nSPS) is 17.0. The summed E-state index contributed by atoms with van der Waals surface area (Å²) in [6, 6.07) is 8.89. The van der Waals surface area contributed by atoms with Gasteiger partial charge in [0.25, 0.3) is 5.91 Å². The second-order valence-corrected chi connectivity index (χ2v) is 5.42. The fourth-order valence-corrected chi connectivity index (χ4v) is 2.41. The van der Waals surface area contributed by atoms with E-state index >= 15 is 0 Å². The topological polar surface area (TPSA) is 73.3 Å². The number of benzene rings is 1. The molecule has 0 bridgehead atoms. The molecule has 6 heteroatoms. The molecule has 1 aliphatic rings. The van der Waals surface area contributed by atoms with Crippen molar-refractivity contribution in [2.75, 3.05) is 18.5 Å². The van der Waals surface area contributed by atoms with E-state index in [0.29, 0.717) is 29.6 Å². The zero-order valence-corrected chi connectivity index (χ0v) is 13.0. The molecular formula is C17H19N3O3. The minimum Gasteiger partial charge on any atom is -0.491 e. The van der Waals surface area contributed by atoms with E-state index in [2.05, 4.69) is 15.3 Å². The summed E-state index contributed by atoms with van der Waals surface area (Å²) >= 11 is 0. The van der Waals surface area contributed by atoms with Gasteiger partial charge in [0.1, 0.15) is 23.9 Å². The molecule has 0 spiro atoms. The van der Waals surface area contributed by atoms with Crippen LogP contribution in [0.3, 0.4) is 0 Å². The van der Waals surface area contributed by atoms with Crippen LogP contribution in [-0.4, -0.2) is 35.2 Å². The Labute approximate surface area is 134 Å². The number of nitrogens with one attached hydrogen (secondary N) is 1. The summed E-state index contributed by atoms with van der Waals surface area (Å²) in [5.74, 6) is 0.996. The highest BCUT2D eigenvalue weighted by Crippen LogP contribution is 2.20. The van der Waals surface area contributed by atoms with Crippen LogP contribution < -0.4 is 10.1 Å². The average molecular weight is 313 g/mol.